The average molecular weight is 305 g/mol. The second-order valence-electron chi connectivity index (χ2n) is 6.04. The van der Waals surface area contributed by atoms with Gasteiger partial charge in [0.2, 0.25) is 5.91 Å². The number of amides is 1. The van der Waals surface area contributed by atoms with Gasteiger partial charge in [0, 0.05) is 30.7 Å². The second-order valence-corrected chi connectivity index (χ2v) is 7.28. The molecule has 3 rings (SSSR count). The lowest BCUT2D eigenvalue weighted by Crippen LogP contribution is -2.41. The van der Waals surface area contributed by atoms with Crippen LogP contribution in [0.4, 0.5) is 0 Å². The molecule has 0 aliphatic carbocycles. The Kier molecular flexibility index (Phi) is 4.55. The Balaban J connectivity index is 1.67. The van der Waals surface area contributed by atoms with Crippen LogP contribution in [0.3, 0.4) is 0 Å². The van der Waals surface area contributed by atoms with Crippen LogP contribution in [0.15, 0.2) is 23.1 Å². The van der Waals surface area contributed by atoms with E-state index in [-0.39, 0.29) is 5.25 Å². The summed E-state index contributed by atoms with van der Waals surface area (Å²) in [6.07, 6.45) is 2.95. The molecule has 2 fully saturated rings. The predicted molar refractivity (Wildman–Crippen MR) is 85.7 cm³/mol. The first-order valence-corrected chi connectivity index (χ1v) is 8.65. The van der Waals surface area contributed by atoms with E-state index in [1.807, 2.05) is 0 Å². The van der Waals surface area contributed by atoms with Gasteiger partial charge in [-0.25, -0.2) is 0 Å². The van der Waals surface area contributed by atoms with Gasteiger partial charge in [-0.05, 0) is 44.7 Å². The highest BCUT2D eigenvalue weighted by molar-refractivity contribution is 8.00. The molecule has 4 heteroatoms. The lowest BCUT2D eigenvalue weighted by Gasteiger charge is -2.31. The molecule has 0 saturated carbocycles. The molecule has 114 valence electrons. The van der Waals surface area contributed by atoms with E-state index in [2.05, 4.69) is 36.9 Å². The number of ether oxygens (including phenoxy) is 1. The zero-order chi connectivity index (χ0) is 14.8. The van der Waals surface area contributed by atoms with Crippen LogP contribution in [0, 0.1) is 13.8 Å². The first-order valence-electron chi connectivity index (χ1n) is 7.77. The number of likely N-dealkylation sites (tertiary alicyclic amines) is 1. The molecule has 2 aliphatic rings. The van der Waals surface area contributed by atoms with Crippen LogP contribution >= 0.6 is 11.8 Å². The van der Waals surface area contributed by atoms with Gasteiger partial charge in [-0.2, -0.15) is 0 Å². The second kappa shape index (κ2) is 6.41. The number of carbonyl (C=O) groups excluding carboxylic acids is 1. The van der Waals surface area contributed by atoms with Gasteiger partial charge >= 0.3 is 0 Å². The number of nitrogens with zero attached hydrogens (tertiary/aromatic N) is 1. The molecule has 0 radical (unpaired) electrons. The lowest BCUT2D eigenvalue weighted by molar-refractivity contribution is -0.130. The summed E-state index contributed by atoms with van der Waals surface area (Å²) in [6, 6.07) is 6.87. The van der Waals surface area contributed by atoms with Crippen LogP contribution in [0.1, 0.15) is 30.4 Å². The van der Waals surface area contributed by atoms with Crippen molar-refractivity contribution in [3.05, 3.63) is 29.3 Å². The summed E-state index contributed by atoms with van der Waals surface area (Å²) < 4.78 is 5.40. The number of benzene rings is 1. The number of thioether (sulfide) groups is 1. The minimum absolute atomic E-state index is 0.0911. The minimum atomic E-state index is 0.0911. The van der Waals surface area contributed by atoms with Crippen LogP contribution in [-0.2, 0) is 9.53 Å². The van der Waals surface area contributed by atoms with Gasteiger partial charge in [0.15, 0.2) is 0 Å². The Labute approximate surface area is 131 Å². The minimum Gasteiger partial charge on any atom is -0.381 e. The van der Waals surface area contributed by atoms with E-state index in [9.17, 15) is 4.79 Å². The van der Waals surface area contributed by atoms with Gasteiger partial charge in [-0.15, -0.1) is 11.8 Å². The number of hydrogen-bond acceptors (Lipinski definition) is 3. The first-order chi connectivity index (χ1) is 10.1. The number of rotatable bonds is 3. The molecule has 0 bridgehead atoms. The number of aryl methyl sites for hydroxylation is 2. The van der Waals surface area contributed by atoms with Crippen molar-refractivity contribution in [1.82, 2.24) is 4.90 Å². The van der Waals surface area contributed by atoms with Crippen LogP contribution in [0.5, 0.6) is 0 Å². The first kappa shape index (κ1) is 14.9. The summed E-state index contributed by atoms with van der Waals surface area (Å²) in [5.41, 5.74) is 2.53. The van der Waals surface area contributed by atoms with Gasteiger partial charge in [0.25, 0.3) is 0 Å². The van der Waals surface area contributed by atoms with E-state index in [1.54, 1.807) is 11.8 Å². The van der Waals surface area contributed by atoms with E-state index in [1.165, 1.54) is 16.0 Å². The fourth-order valence-corrected chi connectivity index (χ4v) is 4.41. The SMILES string of the molecule is Cc1ccc(C)c(S[C@H]2CCN(C3CCOCC3)C2=O)c1. The Morgan fingerprint density at radius 3 is 2.71 bits per heavy atom. The summed E-state index contributed by atoms with van der Waals surface area (Å²) in [4.78, 5) is 16.0. The highest BCUT2D eigenvalue weighted by atomic mass is 32.2. The van der Waals surface area contributed by atoms with Crippen LogP contribution < -0.4 is 0 Å². The molecular formula is C17H23NO2S. The molecule has 2 aliphatic heterocycles. The molecule has 0 aromatic heterocycles. The molecule has 1 amide bonds. The van der Waals surface area contributed by atoms with Gasteiger partial charge in [0.05, 0.1) is 5.25 Å². The highest BCUT2D eigenvalue weighted by Gasteiger charge is 2.37. The molecule has 1 aromatic rings. The molecular weight excluding hydrogens is 282 g/mol. The van der Waals surface area contributed by atoms with E-state index in [0.717, 1.165) is 39.0 Å². The predicted octanol–water partition coefficient (Wildman–Crippen LogP) is 3.18. The zero-order valence-corrected chi connectivity index (χ0v) is 13.6. The Hall–Kier alpha value is -1.00. The third-order valence-corrected chi connectivity index (χ3v) is 5.85. The molecule has 3 nitrogen and oxygen atoms in total. The normalized spacial score (nSPS) is 23.8. The Morgan fingerprint density at radius 1 is 1.19 bits per heavy atom. The topological polar surface area (TPSA) is 29.5 Å². The maximum Gasteiger partial charge on any atom is 0.236 e. The molecule has 2 heterocycles. The fourth-order valence-electron chi connectivity index (χ4n) is 3.13. The van der Waals surface area contributed by atoms with Gasteiger partial charge < -0.3 is 9.64 Å². The van der Waals surface area contributed by atoms with E-state index in [0.29, 0.717) is 11.9 Å². The van der Waals surface area contributed by atoms with Crippen molar-refractivity contribution in [1.29, 1.82) is 0 Å². The van der Waals surface area contributed by atoms with Gasteiger partial charge in [-0.1, -0.05) is 17.7 Å². The Morgan fingerprint density at radius 2 is 1.95 bits per heavy atom. The van der Waals surface area contributed by atoms with Crippen LogP contribution in [0.2, 0.25) is 0 Å². The van der Waals surface area contributed by atoms with E-state index in [4.69, 9.17) is 4.74 Å². The monoisotopic (exact) mass is 305 g/mol. The molecule has 1 aromatic carbocycles. The molecule has 21 heavy (non-hydrogen) atoms. The van der Waals surface area contributed by atoms with Gasteiger partial charge in [0.1, 0.15) is 0 Å². The van der Waals surface area contributed by atoms with Crippen molar-refractivity contribution >= 4 is 17.7 Å². The molecule has 2 saturated heterocycles. The average Bonchev–Trinajstić information content (AvgIpc) is 2.85. The standard InChI is InChI=1S/C17H23NO2S/c1-12-3-4-13(2)16(11-12)21-15-5-8-18(17(15)19)14-6-9-20-10-7-14/h3-4,11,14-15H,5-10H2,1-2H3/t15-/m0/s1. The van der Waals surface area contributed by atoms with E-state index < -0.39 is 0 Å². The molecule has 0 unspecified atom stereocenters. The largest absolute Gasteiger partial charge is 0.381 e. The highest BCUT2D eigenvalue weighted by Crippen LogP contribution is 2.34. The van der Waals surface area contributed by atoms with Gasteiger partial charge in [-0.3, -0.25) is 4.79 Å². The van der Waals surface area contributed by atoms with Crippen LogP contribution in [0.25, 0.3) is 0 Å². The smallest absolute Gasteiger partial charge is 0.236 e. The van der Waals surface area contributed by atoms with Crippen LogP contribution in [-0.4, -0.2) is 41.9 Å². The molecule has 0 spiro atoms. The maximum absolute atomic E-state index is 12.7. The summed E-state index contributed by atoms with van der Waals surface area (Å²) in [5, 5.41) is 0.0911. The Bertz CT molecular complexity index is 526. The summed E-state index contributed by atoms with van der Waals surface area (Å²) in [7, 11) is 0. The summed E-state index contributed by atoms with van der Waals surface area (Å²) in [6.45, 7) is 6.73. The third kappa shape index (κ3) is 3.27. The van der Waals surface area contributed by atoms with Crippen molar-refractivity contribution in [2.75, 3.05) is 19.8 Å². The zero-order valence-electron chi connectivity index (χ0n) is 12.8. The number of hydrogen-bond donors (Lipinski definition) is 0. The van der Waals surface area contributed by atoms with Crippen molar-refractivity contribution in [3.63, 3.8) is 0 Å². The van der Waals surface area contributed by atoms with Crippen molar-refractivity contribution < 1.29 is 9.53 Å². The van der Waals surface area contributed by atoms with Crippen molar-refractivity contribution in [2.45, 2.75) is 49.3 Å². The van der Waals surface area contributed by atoms with Crippen molar-refractivity contribution in [3.8, 4) is 0 Å². The maximum atomic E-state index is 12.7. The number of carbonyl (C=O) groups is 1. The fraction of sp³-hybridized carbons (Fsp3) is 0.588. The van der Waals surface area contributed by atoms with E-state index >= 15 is 0 Å². The molecule has 0 N–H and O–H groups in total. The van der Waals surface area contributed by atoms with Crippen molar-refractivity contribution in [2.24, 2.45) is 0 Å². The lowest BCUT2D eigenvalue weighted by atomic mass is 10.1. The third-order valence-electron chi connectivity index (χ3n) is 4.44. The summed E-state index contributed by atoms with van der Waals surface area (Å²) >= 11 is 1.75. The summed E-state index contributed by atoms with van der Waals surface area (Å²) in [5.74, 6) is 0.327. The molecule has 1 atom stereocenters. The quantitative estimate of drug-likeness (QED) is 0.859.